The van der Waals surface area contributed by atoms with Crippen LogP contribution in [0.5, 0.6) is 0 Å². The van der Waals surface area contributed by atoms with Gasteiger partial charge in [0.05, 0.1) is 11.8 Å². The highest BCUT2D eigenvalue weighted by atomic mass is 16.4. The molecule has 1 rings (SSSR count). The number of carbonyl (C=O) groups is 2. The zero-order valence-corrected chi connectivity index (χ0v) is 10.9. The van der Waals surface area contributed by atoms with Gasteiger partial charge in [-0.1, -0.05) is 13.8 Å². The van der Waals surface area contributed by atoms with Crippen LogP contribution in [0.4, 0.5) is 0 Å². The topological polar surface area (TPSA) is 84.2 Å². The molecule has 18 heavy (non-hydrogen) atoms. The summed E-state index contributed by atoms with van der Waals surface area (Å²) in [4.78, 5) is 23.0. The van der Waals surface area contributed by atoms with E-state index in [1.807, 2.05) is 6.92 Å². The Bertz CT molecular complexity index is 442. The van der Waals surface area contributed by atoms with E-state index < -0.39 is 17.4 Å². The van der Waals surface area contributed by atoms with E-state index in [0.29, 0.717) is 12.0 Å². The molecule has 100 valence electrons. The minimum atomic E-state index is -1.25. The summed E-state index contributed by atoms with van der Waals surface area (Å²) in [6.07, 6.45) is 4.31. The zero-order valence-electron chi connectivity index (χ0n) is 10.9. The normalized spacial score (nSPS) is 13.9. The lowest BCUT2D eigenvalue weighted by molar-refractivity contribution is -0.143. The molecule has 2 N–H and O–H groups in total. The number of aliphatic carboxylic acids is 1. The molecule has 0 bridgehead atoms. The van der Waals surface area contributed by atoms with E-state index in [2.05, 4.69) is 10.4 Å². The highest BCUT2D eigenvalue weighted by Crippen LogP contribution is 2.11. The van der Waals surface area contributed by atoms with Crippen LogP contribution in [0, 0.1) is 0 Å². The van der Waals surface area contributed by atoms with Crippen molar-refractivity contribution in [1.82, 2.24) is 15.1 Å². The monoisotopic (exact) mass is 253 g/mol. The Labute approximate surface area is 106 Å². The predicted molar refractivity (Wildman–Crippen MR) is 66.3 cm³/mol. The summed E-state index contributed by atoms with van der Waals surface area (Å²) in [5.74, 6) is -1.46. The molecule has 0 aliphatic rings. The molecule has 0 spiro atoms. The van der Waals surface area contributed by atoms with Gasteiger partial charge in [-0.15, -0.1) is 0 Å². The van der Waals surface area contributed by atoms with Crippen molar-refractivity contribution >= 4 is 11.9 Å². The summed E-state index contributed by atoms with van der Waals surface area (Å²) < 4.78 is 1.67. The van der Waals surface area contributed by atoms with Gasteiger partial charge in [-0.3, -0.25) is 9.48 Å². The molecule has 1 aromatic heterocycles. The lowest BCUT2D eigenvalue weighted by Gasteiger charge is -2.24. The van der Waals surface area contributed by atoms with Crippen LogP contribution >= 0.6 is 0 Å². The highest BCUT2D eigenvalue weighted by molar-refractivity contribution is 5.97. The quantitative estimate of drug-likeness (QED) is 0.799. The fourth-order valence-electron chi connectivity index (χ4n) is 1.45. The number of hydrogen-bond donors (Lipinski definition) is 2. The number of amides is 1. The molecule has 1 heterocycles. The van der Waals surface area contributed by atoms with E-state index in [9.17, 15) is 9.59 Å². The third-order valence-electron chi connectivity index (χ3n) is 2.92. The molecule has 6 heteroatoms. The molecular weight excluding hydrogens is 234 g/mol. The molecule has 0 aromatic carbocycles. The van der Waals surface area contributed by atoms with Gasteiger partial charge in [-0.25, -0.2) is 4.79 Å². The number of nitrogens with zero attached hydrogens (tertiary/aromatic N) is 2. The van der Waals surface area contributed by atoms with Crippen molar-refractivity contribution in [3.8, 4) is 0 Å². The number of aryl methyl sites for hydroxylation is 1. The van der Waals surface area contributed by atoms with E-state index in [1.165, 1.54) is 13.1 Å². The first-order valence-corrected chi connectivity index (χ1v) is 6.01. The summed E-state index contributed by atoms with van der Waals surface area (Å²) in [6, 6.07) is 0. The number of carboxylic acid groups (broad SMARTS) is 1. The number of aromatic nitrogens is 2. The van der Waals surface area contributed by atoms with Crippen molar-refractivity contribution in [3.05, 3.63) is 18.0 Å². The van der Waals surface area contributed by atoms with Crippen molar-refractivity contribution < 1.29 is 14.7 Å². The fraction of sp³-hybridized carbons (Fsp3) is 0.583. The number of nitrogens with one attached hydrogen (secondary N) is 1. The summed E-state index contributed by atoms with van der Waals surface area (Å²) in [5, 5.41) is 15.6. The van der Waals surface area contributed by atoms with E-state index >= 15 is 0 Å². The summed E-state index contributed by atoms with van der Waals surface area (Å²) in [6.45, 7) is 5.95. The van der Waals surface area contributed by atoms with Crippen molar-refractivity contribution in [3.63, 3.8) is 0 Å². The van der Waals surface area contributed by atoms with Crippen LogP contribution in [0.25, 0.3) is 0 Å². The minimum Gasteiger partial charge on any atom is -0.480 e. The first kappa shape index (κ1) is 14.2. The molecular formula is C12H19N3O3. The summed E-state index contributed by atoms with van der Waals surface area (Å²) in [7, 11) is 0. The van der Waals surface area contributed by atoms with Gasteiger partial charge >= 0.3 is 5.97 Å². The molecule has 1 atom stereocenters. The largest absolute Gasteiger partial charge is 0.480 e. The van der Waals surface area contributed by atoms with Gasteiger partial charge in [0.15, 0.2) is 0 Å². The smallest absolute Gasteiger partial charge is 0.329 e. The minimum absolute atomic E-state index is 0.317. The number of hydrogen-bond acceptors (Lipinski definition) is 3. The standard InChI is InChI=1S/C12H19N3O3/c1-4-6-15-8-9(7-13-15)10(16)14-12(3,5-2)11(17)18/h7-8H,4-6H2,1-3H3,(H,14,16)(H,17,18). The first-order valence-electron chi connectivity index (χ1n) is 6.01. The second-order valence-corrected chi connectivity index (χ2v) is 4.44. The average Bonchev–Trinajstić information content (AvgIpc) is 2.77. The van der Waals surface area contributed by atoms with Crippen molar-refractivity contribution in [2.24, 2.45) is 0 Å². The molecule has 0 fully saturated rings. The molecule has 0 aliphatic heterocycles. The van der Waals surface area contributed by atoms with Crippen molar-refractivity contribution in [1.29, 1.82) is 0 Å². The van der Waals surface area contributed by atoms with E-state index in [1.54, 1.807) is 17.8 Å². The van der Waals surface area contributed by atoms with E-state index in [0.717, 1.165) is 13.0 Å². The second-order valence-electron chi connectivity index (χ2n) is 4.44. The van der Waals surface area contributed by atoms with Gasteiger partial charge in [-0.2, -0.15) is 5.10 Å². The Balaban J connectivity index is 2.78. The third kappa shape index (κ3) is 3.09. The number of carbonyl (C=O) groups excluding carboxylic acids is 1. The first-order chi connectivity index (χ1) is 8.42. The summed E-state index contributed by atoms with van der Waals surface area (Å²) >= 11 is 0. The number of carboxylic acids is 1. The molecule has 1 unspecified atom stereocenters. The van der Waals surface area contributed by atoms with Crippen molar-refractivity contribution in [2.75, 3.05) is 0 Å². The molecule has 1 amide bonds. The van der Waals surface area contributed by atoms with E-state index in [4.69, 9.17) is 5.11 Å². The lowest BCUT2D eigenvalue weighted by Crippen LogP contribution is -2.51. The van der Waals surface area contributed by atoms with Gasteiger partial charge in [0.1, 0.15) is 5.54 Å². The van der Waals surface area contributed by atoms with E-state index in [-0.39, 0.29) is 0 Å². The number of rotatable bonds is 6. The molecule has 0 saturated carbocycles. The second kappa shape index (κ2) is 5.66. The van der Waals surface area contributed by atoms with Crippen LogP contribution in [-0.2, 0) is 11.3 Å². The highest BCUT2D eigenvalue weighted by Gasteiger charge is 2.33. The zero-order chi connectivity index (χ0) is 13.8. The Morgan fingerprint density at radius 3 is 2.67 bits per heavy atom. The molecule has 0 radical (unpaired) electrons. The maximum Gasteiger partial charge on any atom is 0.329 e. The van der Waals surface area contributed by atoms with Crippen LogP contribution in [0.2, 0.25) is 0 Å². The molecule has 6 nitrogen and oxygen atoms in total. The van der Waals surface area contributed by atoms with Crippen LogP contribution in [0.3, 0.4) is 0 Å². The Morgan fingerprint density at radius 2 is 2.17 bits per heavy atom. The van der Waals surface area contributed by atoms with Crippen LogP contribution in [0.1, 0.15) is 44.0 Å². The SMILES string of the molecule is CCCn1cc(C(=O)NC(C)(CC)C(=O)O)cn1. The summed E-state index contributed by atoms with van der Waals surface area (Å²) in [5.41, 5.74) is -0.867. The molecule has 0 saturated heterocycles. The average molecular weight is 253 g/mol. The van der Waals surface area contributed by atoms with Crippen LogP contribution < -0.4 is 5.32 Å². The molecule has 0 aliphatic carbocycles. The Morgan fingerprint density at radius 1 is 1.50 bits per heavy atom. The van der Waals surface area contributed by atoms with Gasteiger partial charge < -0.3 is 10.4 Å². The lowest BCUT2D eigenvalue weighted by atomic mass is 9.99. The predicted octanol–water partition coefficient (Wildman–Crippen LogP) is 1.28. The van der Waals surface area contributed by atoms with Crippen LogP contribution in [-0.4, -0.2) is 32.3 Å². The maximum atomic E-state index is 11.9. The maximum absolute atomic E-state index is 11.9. The molecule has 1 aromatic rings. The third-order valence-corrected chi connectivity index (χ3v) is 2.92. The van der Waals surface area contributed by atoms with Gasteiger partial charge in [0.25, 0.3) is 5.91 Å². The van der Waals surface area contributed by atoms with Crippen LogP contribution in [0.15, 0.2) is 12.4 Å². The fourth-order valence-corrected chi connectivity index (χ4v) is 1.45. The van der Waals surface area contributed by atoms with Gasteiger partial charge in [-0.05, 0) is 19.8 Å². The van der Waals surface area contributed by atoms with Crippen molar-refractivity contribution in [2.45, 2.75) is 45.7 Å². The Kier molecular flexibility index (Phi) is 4.47. The Hall–Kier alpha value is -1.85. The van der Waals surface area contributed by atoms with Gasteiger partial charge in [0.2, 0.25) is 0 Å². The van der Waals surface area contributed by atoms with Gasteiger partial charge in [0, 0.05) is 12.7 Å².